The van der Waals surface area contributed by atoms with Crippen molar-refractivity contribution in [1.82, 2.24) is 4.90 Å². The standard InChI is InChI=1S/C17H30N2O2/c1-7-8-11-17(18,13(2)19(3)4)14-9-10-15(20-5)16(12-14)21-6/h9-10,12-13H,7-8,11,18H2,1-6H3. The Labute approximate surface area is 129 Å². The Hall–Kier alpha value is -1.26. The third-order valence-corrected chi connectivity index (χ3v) is 4.39. The zero-order chi connectivity index (χ0) is 16.0. The van der Waals surface area contributed by atoms with Gasteiger partial charge >= 0.3 is 0 Å². The Morgan fingerprint density at radius 1 is 1.19 bits per heavy atom. The predicted octanol–water partition coefficient (Wildman–Crippen LogP) is 3.00. The van der Waals surface area contributed by atoms with E-state index in [-0.39, 0.29) is 6.04 Å². The SMILES string of the molecule is CCCCC(N)(c1ccc(OC)c(OC)c1)C(C)N(C)C. The first-order valence-electron chi connectivity index (χ1n) is 7.58. The fraction of sp³-hybridized carbons (Fsp3) is 0.647. The first kappa shape index (κ1) is 17.8. The molecular formula is C17H30N2O2. The Kier molecular flexibility index (Phi) is 6.49. The van der Waals surface area contributed by atoms with Gasteiger partial charge in [-0.1, -0.05) is 25.8 Å². The van der Waals surface area contributed by atoms with Crippen LogP contribution in [0.1, 0.15) is 38.7 Å². The quantitative estimate of drug-likeness (QED) is 0.800. The molecule has 1 aromatic carbocycles. The van der Waals surface area contributed by atoms with Crippen LogP contribution in [0.4, 0.5) is 0 Å². The van der Waals surface area contributed by atoms with E-state index in [4.69, 9.17) is 15.2 Å². The number of nitrogens with two attached hydrogens (primary N) is 1. The molecule has 120 valence electrons. The molecule has 2 atom stereocenters. The molecule has 0 bridgehead atoms. The lowest BCUT2D eigenvalue weighted by atomic mass is 9.79. The van der Waals surface area contributed by atoms with Gasteiger partial charge in [-0.05, 0) is 45.1 Å². The van der Waals surface area contributed by atoms with E-state index in [0.717, 1.165) is 36.3 Å². The van der Waals surface area contributed by atoms with E-state index in [0.29, 0.717) is 0 Å². The molecule has 0 aliphatic rings. The van der Waals surface area contributed by atoms with Crippen LogP contribution in [0.2, 0.25) is 0 Å². The van der Waals surface area contributed by atoms with Gasteiger partial charge in [0.2, 0.25) is 0 Å². The van der Waals surface area contributed by atoms with Crippen molar-refractivity contribution in [3.05, 3.63) is 23.8 Å². The first-order chi connectivity index (χ1) is 9.90. The Balaban J connectivity index is 3.25. The van der Waals surface area contributed by atoms with Gasteiger partial charge in [0.1, 0.15) is 0 Å². The summed E-state index contributed by atoms with van der Waals surface area (Å²) in [6.45, 7) is 4.36. The molecule has 1 aromatic rings. The van der Waals surface area contributed by atoms with Gasteiger partial charge < -0.3 is 20.1 Å². The number of nitrogens with zero attached hydrogens (tertiary/aromatic N) is 1. The molecule has 0 heterocycles. The van der Waals surface area contributed by atoms with Crippen LogP contribution in [0, 0.1) is 0 Å². The summed E-state index contributed by atoms with van der Waals surface area (Å²) in [5.41, 5.74) is 7.52. The molecule has 0 aromatic heterocycles. The molecule has 21 heavy (non-hydrogen) atoms. The molecule has 0 radical (unpaired) electrons. The predicted molar refractivity (Wildman–Crippen MR) is 88.1 cm³/mol. The maximum absolute atomic E-state index is 6.83. The van der Waals surface area contributed by atoms with Crippen LogP contribution in [-0.2, 0) is 5.54 Å². The smallest absolute Gasteiger partial charge is 0.161 e. The molecule has 2 N–H and O–H groups in total. The summed E-state index contributed by atoms with van der Waals surface area (Å²) in [6, 6.07) is 6.22. The second-order valence-corrected chi connectivity index (χ2v) is 5.85. The fourth-order valence-corrected chi connectivity index (χ4v) is 2.65. The highest BCUT2D eigenvalue weighted by Crippen LogP contribution is 2.36. The average Bonchev–Trinajstić information content (AvgIpc) is 2.50. The van der Waals surface area contributed by atoms with Gasteiger partial charge in [0, 0.05) is 6.04 Å². The molecule has 0 spiro atoms. The normalized spacial score (nSPS) is 15.6. The van der Waals surface area contributed by atoms with Crippen LogP contribution in [-0.4, -0.2) is 39.3 Å². The summed E-state index contributed by atoms with van der Waals surface area (Å²) >= 11 is 0. The third kappa shape index (κ3) is 3.89. The van der Waals surface area contributed by atoms with Gasteiger partial charge in [-0.25, -0.2) is 0 Å². The van der Waals surface area contributed by atoms with Crippen molar-refractivity contribution in [2.45, 2.75) is 44.7 Å². The van der Waals surface area contributed by atoms with E-state index in [2.05, 4.69) is 38.9 Å². The van der Waals surface area contributed by atoms with E-state index in [1.165, 1.54) is 0 Å². The lowest BCUT2D eigenvalue weighted by molar-refractivity contribution is 0.178. The number of likely N-dealkylation sites (N-methyl/N-ethyl adjacent to an activating group) is 1. The van der Waals surface area contributed by atoms with E-state index in [9.17, 15) is 0 Å². The van der Waals surface area contributed by atoms with Gasteiger partial charge in [0.05, 0.1) is 19.8 Å². The lowest BCUT2D eigenvalue weighted by Crippen LogP contribution is -2.52. The third-order valence-electron chi connectivity index (χ3n) is 4.39. The highest BCUT2D eigenvalue weighted by atomic mass is 16.5. The fourth-order valence-electron chi connectivity index (χ4n) is 2.65. The van der Waals surface area contributed by atoms with Crippen LogP contribution in [0.3, 0.4) is 0 Å². The maximum Gasteiger partial charge on any atom is 0.161 e. The largest absolute Gasteiger partial charge is 0.493 e. The van der Waals surface area contributed by atoms with Crippen molar-refractivity contribution in [1.29, 1.82) is 0 Å². The van der Waals surface area contributed by atoms with E-state index >= 15 is 0 Å². The Morgan fingerprint density at radius 3 is 2.29 bits per heavy atom. The molecule has 1 rings (SSSR count). The molecule has 0 saturated heterocycles. The van der Waals surface area contributed by atoms with Crippen molar-refractivity contribution in [3.63, 3.8) is 0 Å². The molecule has 0 amide bonds. The van der Waals surface area contributed by atoms with Crippen molar-refractivity contribution < 1.29 is 9.47 Å². The molecular weight excluding hydrogens is 264 g/mol. The van der Waals surface area contributed by atoms with Gasteiger partial charge in [0.15, 0.2) is 11.5 Å². The first-order valence-corrected chi connectivity index (χ1v) is 7.58. The van der Waals surface area contributed by atoms with Crippen LogP contribution in [0.15, 0.2) is 18.2 Å². The molecule has 4 heteroatoms. The molecule has 4 nitrogen and oxygen atoms in total. The Bertz CT molecular complexity index is 448. The van der Waals surface area contributed by atoms with Crippen LogP contribution < -0.4 is 15.2 Å². The zero-order valence-corrected chi connectivity index (χ0v) is 14.3. The number of methoxy groups -OCH3 is 2. The van der Waals surface area contributed by atoms with Gasteiger partial charge in [0.25, 0.3) is 0 Å². The van der Waals surface area contributed by atoms with Gasteiger partial charge in [-0.2, -0.15) is 0 Å². The van der Waals surface area contributed by atoms with Crippen molar-refractivity contribution >= 4 is 0 Å². The van der Waals surface area contributed by atoms with Crippen LogP contribution in [0.5, 0.6) is 11.5 Å². The summed E-state index contributed by atoms with van der Waals surface area (Å²) in [6.07, 6.45) is 3.17. The minimum atomic E-state index is -0.404. The topological polar surface area (TPSA) is 47.7 Å². The lowest BCUT2D eigenvalue weighted by Gasteiger charge is -2.40. The van der Waals surface area contributed by atoms with Gasteiger partial charge in [-0.3, -0.25) is 0 Å². The number of hydrogen-bond acceptors (Lipinski definition) is 4. The summed E-state index contributed by atoms with van der Waals surface area (Å²) < 4.78 is 10.7. The minimum absolute atomic E-state index is 0.224. The highest BCUT2D eigenvalue weighted by molar-refractivity contribution is 5.45. The van der Waals surface area contributed by atoms with E-state index in [1.807, 2.05) is 12.1 Å². The minimum Gasteiger partial charge on any atom is -0.493 e. The van der Waals surface area contributed by atoms with Gasteiger partial charge in [-0.15, -0.1) is 0 Å². The number of hydrogen-bond donors (Lipinski definition) is 1. The van der Waals surface area contributed by atoms with E-state index in [1.54, 1.807) is 14.2 Å². The number of rotatable bonds is 8. The molecule has 0 fully saturated rings. The summed E-state index contributed by atoms with van der Waals surface area (Å²) in [4.78, 5) is 2.17. The zero-order valence-electron chi connectivity index (χ0n) is 14.3. The van der Waals surface area contributed by atoms with Crippen molar-refractivity contribution in [2.75, 3.05) is 28.3 Å². The Morgan fingerprint density at radius 2 is 1.81 bits per heavy atom. The van der Waals surface area contributed by atoms with Crippen molar-refractivity contribution in [3.8, 4) is 11.5 Å². The molecule has 0 aliphatic heterocycles. The second kappa shape index (κ2) is 7.66. The van der Waals surface area contributed by atoms with Crippen LogP contribution >= 0.6 is 0 Å². The molecule has 2 unspecified atom stereocenters. The summed E-state index contributed by atoms with van der Waals surface area (Å²) in [7, 11) is 7.44. The molecule has 0 aliphatic carbocycles. The van der Waals surface area contributed by atoms with E-state index < -0.39 is 5.54 Å². The number of benzene rings is 1. The maximum atomic E-state index is 6.83. The average molecular weight is 294 g/mol. The van der Waals surface area contributed by atoms with Crippen molar-refractivity contribution in [2.24, 2.45) is 5.73 Å². The summed E-state index contributed by atoms with van der Waals surface area (Å²) in [5, 5.41) is 0. The highest BCUT2D eigenvalue weighted by Gasteiger charge is 2.35. The number of unbranched alkanes of at least 4 members (excludes halogenated alkanes) is 1. The molecule has 0 saturated carbocycles. The monoisotopic (exact) mass is 294 g/mol. The number of ether oxygens (including phenoxy) is 2. The second-order valence-electron chi connectivity index (χ2n) is 5.85. The van der Waals surface area contributed by atoms with Crippen LogP contribution in [0.25, 0.3) is 0 Å². The summed E-state index contributed by atoms with van der Waals surface area (Å²) in [5.74, 6) is 1.46.